The van der Waals surface area contributed by atoms with Gasteiger partial charge < -0.3 is 10.4 Å². The van der Waals surface area contributed by atoms with Crippen molar-refractivity contribution in [2.75, 3.05) is 11.9 Å². The van der Waals surface area contributed by atoms with Gasteiger partial charge in [0, 0.05) is 0 Å². The van der Waals surface area contributed by atoms with E-state index in [1.54, 1.807) is 0 Å². The molecule has 0 unspecified atom stereocenters. The second kappa shape index (κ2) is 4.01. The number of rotatable bonds is 3. The molecule has 66 valence electrons. The van der Waals surface area contributed by atoms with E-state index < -0.39 is 5.97 Å². The molecule has 0 aliphatic carbocycles. The lowest BCUT2D eigenvalue weighted by atomic mass is 10.3. The topological polar surface area (TPSA) is 98.9 Å². The fraction of sp³-hybridized carbons (Fsp3) is 0.143. The van der Waals surface area contributed by atoms with E-state index in [1.165, 1.54) is 12.5 Å². The summed E-state index contributed by atoms with van der Waals surface area (Å²) < 4.78 is 0. The van der Waals surface area contributed by atoms with Crippen molar-refractivity contribution < 1.29 is 9.90 Å². The first-order valence-corrected chi connectivity index (χ1v) is 3.40. The van der Waals surface area contributed by atoms with Crippen molar-refractivity contribution in [1.29, 1.82) is 5.26 Å². The number of carbonyl (C=O) groups is 1. The number of carboxylic acid groups (broad SMARTS) is 1. The summed E-state index contributed by atoms with van der Waals surface area (Å²) >= 11 is 0. The highest BCUT2D eigenvalue weighted by atomic mass is 16.4. The molecule has 0 amide bonds. The summed E-state index contributed by atoms with van der Waals surface area (Å²) in [4.78, 5) is 17.5. The molecule has 0 saturated heterocycles. The fourth-order valence-corrected chi connectivity index (χ4v) is 0.712. The molecule has 0 atom stereocenters. The molecule has 0 bridgehead atoms. The van der Waals surface area contributed by atoms with E-state index in [2.05, 4.69) is 15.3 Å². The first kappa shape index (κ1) is 8.93. The third kappa shape index (κ3) is 2.41. The van der Waals surface area contributed by atoms with Gasteiger partial charge in [0.05, 0.1) is 6.20 Å². The zero-order chi connectivity index (χ0) is 9.68. The summed E-state index contributed by atoms with van der Waals surface area (Å²) in [6.45, 7) is -0.272. The fourth-order valence-electron chi connectivity index (χ4n) is 0.712. The number of hydrogen-bond donors (Lipinski definition) is 2. The minimum Gasteiger partial charge on any atom is -0.480 e. The molecular formula is C7H6N4O2. The van der Waals surface area contributed by atoms with Crippen molar-refractivity contribution in [3.05, 3.63) is 18.1 Å². The summed E-state index contributed by atoms with van der Waals surface area (Å²) in [5.74, 6) is -0.776. The Labute approximate surface area is 73.9 Å². The zero-order valence-corrected chi connectivity index (χ0v) is 6.56. The molecule has 0 saturated carbocycles. The van der Waals surface area contributed by atoms with Crippen LogP contribution in [0.5, 0.6) is 0 Å². The number of aliphatic carboxylic acids is 1. The van der Waals surface area contributed by atoms with Crippen LogP contribution in [0.3, 0.4) is 0 Å². The van der Waals surface area contributed by atoms with Crippen molar-refractivity contribution in [3.63, 3.8) is 0 Å². The Bertz CT molecular complexity index is 358. The summed E-state index contributed by atoms with van der Waals surface area (Å²) in [7, 11) is 0. The van der Waals surface area contributed by atoms with Crippen molar-refractivity contribution in [1.82, 2.24) is 9.97 Å². The van der Waals surface area contributed by atoms with E-state index >= 15 is 0 Å². The maximum atomic E-state index is 10.2. The second-order valence-electron chi connectivity index (χ2n) is 2.14. The van der Waals surface area contributed by atoms with E-state index in [9.17, 15) is 4.79 Å². The number of nitrogens with zero attached hydrogens (tertiary/aromatic N) is 3. The normalized spacial score (nSPS) is 8.85. The average Bonchev–Trinajstić information content (AvgIpc) is 2.15. The maximum absolute atomic E-state index is 10.2. The molecule has 0 aliphatic heterocycles. The molecule has 6 nitrogen and oxygen atoms in total. The number of carboxylic acids is 1. The zero-order valence-electron chi connectivity index (χ0n) is 6.56. The summed E-state index contributed by atoms with van der Waals surface area (Å²) in [6.07, 6.45) is 2.56. The van der Waals surface area contributed by atoms with E-state index in [0.29, 0.717) is 0 Å². The Morgan fingerprint density at radius 2 is 2.54 bits per heavy atom. The lowest BCUT2D eigenvalue weighted by Gasteiger charge is -2.01. The first-order chi connectivity index (χ1) is 6.24. The lowest BCUT2D eigenvalue weighted by molar-refractivity contribution is -0.134. The van der Waals surface area contributed by atoms with Gasteiger partial charge in [-0.05, 0) is 0 Å². The van der Waals surface area contributed by atoms with E-state index in [0.717, 1.165) is 0 Å². The monoisotopic (exact) mass is 178 g/mol. The summed E-state index contributed by atoms with van der Waals surface area (Å²) in [5.41, 5.74) is 0.226. The Morgan fingerprint density at radius 3 is 3.15 bits per heavy atom. The van der Waals surface area contributed by atoms with Crippen molar-refractivity contribution >= 4 is 11.8 Å². The van der Waals surface area contributed by atoms with Gasteiger partial charge in [0.1, 0.15) is 30.3 Å². The predicted octanol–water partition coefficient (Wildman–Crippen LogP) is -0.155. The molecular weight excluding hydrogens is 172 g/mol. The number of nitriles is 1. The number of anilines is 1. The molecule has 0 spiro atoms. The van der Waals surface area contributed by atoms with Gasteiger partial charge in [-0.2, -0.15) is 5.26 Å². The first-order valence-electron chi connectivity index (χ1n) is 3.40. The molecule has 1 aromatic heterocycles. The number of hydrogen-bond acceptors (Lipinski definition) is 5. The van der Waals surface area contributed by atoms with Crippen LogP contribution in [0.15, 0.2) is 12.5 Å². The summed E-state index contributed by atoms with van der Waals surface area (Å²) in [6, 6.07) is 1.84. The van der Waals surface area contributed by atoms with Crippen LogP contribution in [0.1, 0.15) is 5.56 Å². The van der Waals surface area contributed by atoms with Crippen LogP contribution in [0.25, 0.3) is 0 Å². The Kier molecular flexibility index (Phi) is 2.76. The van der Waals surface area contributed by atoms with Crippen LogP contribution in [0, 0.1) is 11.3 Å². The number of nitrogens with one attached hydrogen (secondary N) is 1. The van der Waals surface area contributed by atoms with Crippen molar-refractivity contribution in [3.8, 4) is 6.07 Å². The van der Waals surface area contributed by atoms with Gasteiger partial charge in [-0.25, -0.2) is 9.97 Å². The van der Waals surface area contributed by atoms with Gasteiger partial charge in [-0.15, -0.1) is 0 Å². The molecule has 0 aromatic carbocycles. The molecule has 13 heavy (non-hydrogen) atoms. The van der Waals surface area contributed by atoms with Crippen LogP contribution < -0.4 is 5.32 Å². The van der Waals surface area contributed by atoms with Crippen LogP contribution in [0.2, 0.25) is 0 Å². The molecule has 2 N–H and O–H groups in total. The molecule has 1 rings (SSSR count). The van der Waals surface area contributed by atoms with Gasteiger partial charge >= 0.3 is 5.97 Å². The number of aromatic nitrogens is 2. The molecule has 0 radical (unpaired) electrons. The highest BCUT2D eigenvalue weighted by Gasteiger charge is 2.03. The molecule has 1 heterocycles. The third-order valence-electron chi connectivity index (χ3n) is 1.24. The Hall–Kier alpha value is -2.16. The predicted molar refractivity (Wildman–Crippen MR) is 42.9 cm³/mol. The maximum Gasteiger partial charge on any atom is 0.322 e. The quantitative estimate of drug-likeness (QED) is 0.667. The minimum atomic E-state index is -1.01. The smallest absolute Gasteiger partial charge is 0.322 e. The lowest BCUT2D eigenvalue weighted by Crippen LogP contribution is -2.14. The highest BCUT2D eigenvalue weighted by Crippen LogP contribution is 2.06. The van der Waals surface area contributed by atoms with Gasteiger partial charge in [0.15, 0.2) is 0 Å². The van der Waals surface area contributed by atoms with Gasteiger partial charge in [0.2, 0.25) is 0 Å². The van der Waals surface area contributed by atoms with Crippen molar-refractivity contribution in [2.24, 2.45) is 0 Å². The SMILES string of the molecule is N#Cc1cncnc1NCC(=O)O. The molecule has 0 fully saturated rings. The Morgan fingerprint density at radius 1 is 1.77 bits per heavy atom. The minimum absolute atomic E-state index is 0.226. The largest absolute Gasteiger partial charge is 0.480 e. The van der Waals surface area contributed by atoms with E-state index in [1.807, 2.05) is 6.07 Å². The van der Waals surface area contributed by atoms with Crippen LogP contribution in [-0.4, -0.2) is 27.6 Å². The van der Waals surface area contributed by atoms with Crippen LogP contribution >= 0.6 is 0 Å². The van der Waals surface area contributed by atoms with Gasteiger partial charge in [0.25, 0.3) is 0 Å². The molecule has 6 heteroatoms. The third-order valence-corrected chi connectivity index (χ3v) is 1.24. The standard InChI is InChI=1S/C7H6N4O2/c8-1-5-2-9-4-11-7(5)10-3-6(12)13/h2,4H,3H2,(H,12,13)(H,9,10,11). The Balaban J connectivity index is 2.77. The molecule has 0 aliphatic rings. The van der Waals surface area contributed by atoms with Crippen LogP contribution in [0.4, 0.5) is 5.82 Å². The molecule has 1 aromatic rings. The van der Waals surface area contributed by atoms with Crippen LogP contribution in [-0.2, 0) is 4.79 Å². The van der Waals surface area contributed by atoms with E-state index in [4.69, 9.17) is 10.4 Å². The van der Waals surface area contributed by atoms with E-state index in [-0.39, 0.29) is 17.9 Å². The summed E-state index contributed by atoms with van der Waals surface area (Å²) in [5, 5.41) is 19.4. The van der Waals surface area contributed by atoms with Crippen molar-refractivity contribution in [2.45, 2.75) is 0 Å². The average molecular weight is 178 g/mol. The van der Waals surface area contributed by atoms with Gasteiger partial charge in [-0.1, -0.05) is 0 Å². The highest BCUT2D eigenvalue weighted by molar-refractivity contribution is 5.72. The second-order valence-corrected chi connectivity index (χ2v) is 2.14. The van der Waals surface area contributed by atoms with Gasteiger partial charge in [-0.3, -0.25) is 4.79 Å².